The van der Waals surface area contributed by atoms with Crippen LogP contribution < -0.4 is 0 Å². The largest absolute Gasteiger partial charge is 0.481 e. The Bertz CT molecular complexity index is 804. The lowest BCUT2D eigenvalue weighted by molar-refractivity contribution is -0.141. The second-order valence-corrected chi connectivity index (χ2v) is 8.77. The standard InChI is InChI=1S/C18H24N2O6S/c21-17(22)12-15-13-19(9-10-26-15)18(23)14-5-4-6-16(11-14)27(24,25)20-7-2-1-3-8-20/h4-6,11,15H,1-3,7-10,12-13H2,(H,21,22). The van der Waals surface area contributed by atoms with Crippen molar-refractivity contribution in [1.82, 2.24) is 9.21 Å². The average molecular weight is 396 g/mol. The maximum Gasteiger partial charge on any atom is 0.306 e. The Kier molecular flexibility index (Phi) is 6.13. The normalized spacial score (nSPS) is 21.8. The molecule has 1 N–H and O–H groups in total. The van der Waals surface area contributed by atoms with Gasteiger partial charge in [0.1, 0.15) is 0 Å². The molecule has 0 radical (unpaired) electrons. The van der Waals surface area contributed by atoms with E-state index in [9.17, 15) is 18.0 Å². The van der Waals surface area contributed by atoms with Crippen LogP contribution in [0.1, 0.15) is 36.0 Å². The van der Waals surface area contributed by atoms with Gasteiger partial charge in [0.05, 0.1) is 24.0 Å². The molecular weight excluding hydrogens is 372 g/mol. The summed E-state index contributed by atoms with van der Waals surface area (Å²) in [6, 6.07) is 6.07. The van der Waals surface area contributed by atoms with Gasteiger partial charge in [-0.1, -0.05) is 12.5 Å². The van der Waals surface area contributed by atoms with Crippen molar-refractivity contribution in [2.75, 3.05) is 32.8 Å². The number of carboxylic acids is 1. The molecule has 1 aromatic rings. The fourth-order valence-corrected chi connectivity index (χ4v) is 5.01. The molecule has 1 amide bonds. The Balaban J connectivity index is 1.76. The molecule has 2 aliphatic heterocycles. The smallest absolute Gasteiger partial charge is 0.306 e. The fraction of sp³-hybridized carbons (Fsp3) is 0.556. The molecule has 2 aliphatic rings. The molecule has 0 spiro atoms. The number of carbonyl (C=O) groups is 2. The number of hydrogen-bond acceptors (Lipinski definition) is 5. The zero-order valence-electron chi connectivity index (χ0n) is 15.0. The number of ether oxygens (including phenoxy) is 1. The molecule has 0 aromatic heterocycles. The predicted molar refractivity (Wildman–Crippen MR) is 96.9 cm³/mol. The minimum absolute atomic E-state index is 0.116. The second-order valence-electron chi connectivity index (χ2n) is 6.83. The SMILES string of the molecule is O=C(O)CC1CN(C(=O)c2cccc(S(=O)(=O)N3CCCCC3)c2)CCO1. The van der Waals surface area contributed by atoms with Crippen LogP contribution in [0.25, 0.3) is 0 Å². The lowest BCUT2D eigenvalue weighted by Crippen LogP contribution is -2.46. The molecule has 0 bridgehead atoms. The van der Waals surface area contributed by atoms with Crippen molar-refractivity contribution in [3.05, 3.63) is 29.8 Å². The number of sulfonamides is 1. The molecule has 0 saturated carbocycles. The zero-order chi connectivity index (χ0) is 19.4. The Morgan fingerprint density at radius 3 is 2.59 bits per heavy atom. The number of nitrogens with zero attached hydrogens (tertiary/aromatic N) is 2. The van der Waals surface area contributed by atoms with E-state index in [2.05, 4.69) is 0 Å². The molecular formula is C18H24N2O6S. The van der Waals surface area contributed by atoms with Crippen LogP contribution in [0.4, 0.5) is 0 Å². The van der Waals surface area contributed by atoms with Crippen LogP contribution >= 0.6 is 0 Å². The number of rotatable bonds is 5. The molecule has 8 nitrogen and oxygen atoms in total. The van der Waals surface area contributed by atoms with E-state index >= 15 is 0 Å². The van der Waals surface area contributed by atoms with Gasteiger partial charge in [0.2, 0.25) is 10.0 Å². The topological polar surface area (TPSA) is 104 Å². The van der Waals surface area contributed by atoms with Crippen molar-refractivity contribution >= 4 is 21.9 Å². The lowest BCUT2D eigenvalue weighted by atomic mass is 10.1. The van der Waals surface area contributed by atoms with Crippen LogP contribution in [-0.2, 0) is 19.6 Å². The van der Waals surface area contributed by atoms with Gasteiger partial charge in [-0.3, -0.25) is 9.59 Å². The first-order valence-corrected chi connectivity index (χ1v) is 10.5. The minimum atomic E-state index is -3.62. The minimum Gasteiger partial charge on any atom is -0.481 e. The van der Waals surface area contributed by atoms with Crippen LogP contribution in [0.2, 0.25) is 0 Å². The highest BCUT2D eigenvalue weighted by Gasteiger charge is 2.29. The van der Waals surface area contributed by atoms with Gasteiger partial charge in [-0.25, -0.2) is 8.42 Å². The van der Waals surface area contributed by atoms with Gasteiger partial charge in [0.25, 0.3) is 5.91 Å². The predicted octanol–water partition coefficient (Wildman–Crippen LogP) is 1.18. The van der Waals surface area contributed by atoms with Crippen molar-refractivity contribution in [2.24, 2.45) is 0 Å². The van der Waals surface area contributed by atoms with Crippen LogP contribution in [0.3, 0.4) is 0 Å². The van der Waals surface area contributed by atoms with E-state index in [-0.39, 0.29) is 35.9 Å². The summed E-state index contributed by atoms with van der Waals surface area (Å²) < 4.78 is 32.5. The van der Waals surface area contributed by atoms with Crippen LogP contribution in [-0.4, -0.2) is 73.5 Å². The quantitative estimate of drug-likeness (QED) is 0.801. The molecule has 0 aliphatic carbocycles. The number of carboxylic acid groups (broad SMARTS) is 1. The number of morpholine rings is 1. The highest BCUT2D eigenvalue weighted by Crippen LogP contribution is 2.22. The Morgan fingerprint density at radius 1 is 1.15 bits per heavy atom. The third-order valence-electron chi connectivity index (χ3n) is 4.86. The van der Waals surface area contributed by atoms with E-state index in [1.807, 2.05) is 0 Å². The first kappa shape index (κ1) is 19.8. The van der Waals surface area contributed by atoms with Crippen molar-refractivity contribution in [3.8, 4) is 0 Å². The van der Waals surface area contributed by atoms with Crippen molar-refractivity contribution < 1.29 is 27.9 Å². The van der Waals surface area contributed by atoms with E-state index in [4.69, 9.17) is 9.84 Å². The summed E-state index contributed by atoms with van der Waals surface area (Å²) in [6.07, 6.45) is 1.99. The number of aliphatic carboxylic acids is 1. The van der Waals surface area contributed by atoms with Gasteiger partial charge in [0, 0.05) is 31.7 Å². The number of piperidine rings is 1. The summed E-state index contributed by atoms with van der Waals surface area (Å²) in [6.45, 7) is 1.78. The second kappa shape index (κ2) is 8.37. The summed E-state index contributed by atoms with van der Waals surface area (Å²) in [5.41, 5.74) is 0.282. The molecule has 9 heteroatoms. The van der Waals surface area contributed by atoms with E-state index in [0.717, 1.165) is 19.3 Å². The Morgan fingerprint density at radius 2 is 1.89 bits per heavy atom. The van der Waals surface area contributed by atoms with E-state index in [1.165, 1.54) is 21.3 Å². The van der Waals surface area contributed by atoms with Gasteiger partial charge < -0.3 is 14.7 Å². The Hall–Kier alpha value is -1.97. The molecule has 148 valence electrons. The molecule has 2 heterocycles. The van der Waals surface area contributed by atoms with E-state index < -0.39 is 22.1 Å². The molecule has 1 aromatic carbocycles. The maximum absolute atomic E-state index is 12.8. The summed E-state index contributed by atoms with van der Waals surface area (Å²) in [4.78, 5) is 25.3. The summed E-state index contributed by atoms with van der Waals surface area (Å²) in [5, 5.41) is 8.90. The average Bonchev–Trinajstić information content (AvgIpc) is 2.68. The molecule has 27 heavy (non-hydrogen) atoms. The van der Waals surface area contributed by atoms with Gasteiger partial charge >= 0.3 is 5.97 Å². The van der Waals surface area contributed by atoms with Crippen molar-refractivity contribution in [2.45, 2.75) is 36.7 Å². The van der Waals surface area contributed by atoms with Gasteiger partial charge in [-0.2, -0.15) is 4.31 Å². The van der Waals surface area contributed by atoms with Crippen LogP contribution in [0, 0.1) is 0 Å². The van der Waals surface area contributed by atoms with Crippen LogP contribution in [0.15, 0.2) is 29.2 Å². The first-order chi connectivity index (χ1) is 12.9. The monoisotopic (exact) mass is 396 g/mol. The highest BCUT2D eigenvalue weighted by atomic mass is 32.2. The van der Waals surface area contributed by atoms with Gasteiger partial charge in [-0.05, 0) is 31.0 Å². The summed E-state index contributed by atoms with van der Waals surface area (Å²) in [5.74, 6) is -1.30. The molecule has 2 saturated heterocycles. The van der Waals surface area contributed by atoms with Crippen LogP contribution in [0.5, 0.6) is 0 Å². The molecule has 1 atom stereocenters. The zero-order valence-corrected chi connectivity index (χ0v) is 15.9. The summed E-state index contributed by atoms with van der Waals surface area (Å²) in [7, 11) is -3.62. The van der Waals surface area contributed by atoms with Gasteiger partial charge in [-0.15, -0.1) is 0 Å². The third kappa shape index (κ3) is 4.66. The first-order valence-electron chi connectivity index (χ1n) is 9.11. The molecule has 1 unspecified atom stereocenters. The van der Waals surface area contributed by atoms with Crippen molar-refractivity contribution in [3.63, 3.8) is 0 Å². The maximum atomic E-state index is 12.8. The molecule has 2 fully saturated rings. The fourth-order valence-electron chi connectivity index (χ4n) is 3.45. The van der Waals surface area contributed by atoms with Crippen molar-refractivity contribution in [1.29, 1.82) is 0 Å². The van der Waals surface area contributed by atoms with Gasteiger partial charge in [0.15, 0.2) is 0 Å². The third-order valence-corrected chi connectivity index (χ3v) is 6.76. The van der Waals surface area contributed by atoms with E-state index in [1.54, 1.807) is 12.1 Å². The number of amides is 1. The lowest BCUT2D eigenvalue weighted by Gasteiger charge is -2.32. The Labute approximate surface area is 158 Å². The number of hydrogen-bond donors (Lipinski definition) is 1. The number of carbonyl (C=O) groups excluding carboxylic acids is 1. The van der Waals surface area contributed by atoms with E-state index in [0.29, 0.717) is 19.6 Å². The summed E-state index contributed by atoms with van der Waals surface area (Å²) >= 11 is 0. The molecule has 3 rings (SSSR count). The number of benzene rings is 1. The highest BCUT2D eigenvalue weighted by molar-refractivity contribution is 7.89.